The van der Waals surface area contributed by atoms with Crippen LogP contribution in [0, 0.1) is 5.92 Å². The maximum Gasteiger partial charge on any atom is 0.350 e. The van der Waals surface area contributed by atoms with Crippen molar-refractivity contribution in [1.29, 1.82) is 0 Å². The van der Waals surface area contributed by atoms with Crippen molar-refractivity contribution >= 4 is 11.7 Å². The maximum absolute atomic E-state index is 13.5. The third-order valence-corrected chi connectivity index (χ3v) is 6.73. The van der Waals surface area contributed by atoms with Gasteiger partial charge >= 0.3 is 11.7 Å². The number of rotatable bonds is 4. The molecule has 2 saturated heterocycles. The summed E-state index contributed by atoms with van der Waals surface area (Å²) in [6.45, 7) is 2.23. The Balaban J connectivity index is 1.46. The molecule has 5 rings (SSSR count). The lowest BCUT2D eigenvalue weighted by Gasteiger charge is -2.38. The molecule has 1 aromatic heterocycles. The molecule has 0 amide bonds. The van der Waals surface area contributed by atoms with Crippen LogP contribution in [-0.2, 0) is 21.3 Å². The average Bonchev–Trinajstić information content (AvgIpc) is 3.42. The Bertz CT molecular complexity index is 1180. The van der Waals surface area contributed by atoms with Gasteiger partial charge in [0.05, 0.1) is 56.3 Å². The predicted molar refractivity (Wildman–Crippen MR) is 116 cm³/mol. The van der Waals surface area contributed by atoms with Crippen LogP contribution in [0.4, 0.5) is 5.69 Å². The first kappa shape index (κ1) is 20.6. The number of carbonyl (C=O) groups excluding carboxylic acids is 1. The minimum absolute atomic E-state index is 0.394. The molecule has 3 aliphatic heterocycles. The number of esters is 1. The number of nitrogens with zero attached hydrogens (tertiary/aromatic N) is 4. The number of hydrogen-bond donors (Lipinski definition) is 0. The van der Waals surface area contributed by atoms with Crippen LogP contribution in [0.15, 0.2) is 33.9 Å². The number of fused-ring (bicyclic) bond motifs is 5. The standard InChI is InChI=1S/C22H26N4O6/c1-23-18-16-12-13(21(28)31-3)19(32-16)17(18)20(27)26(22(23)29)25-10-8-24(9-11-25)14-6-4-5-7-15(14)30-2/h4-7,13,16,19H,8-12H2,1-3H3/t13-,16-,19+/m0/s1. The molecule has 10 nitrogen and oxygen atoms in total. The van der Waals surface area contributed by atoms with E-state index in [9.17, 15) is 14.4 Å². The van der Waals surface area contributed by atoms with Crippen LogP contribution in [0.1, 0.15) is 29.9 Å². The number of piperazine rings is 1. The number of carbonyl (C=O) groups is 1. The summed E-state index contributed by atoms with van der Waals surface area (Å²) >= 11 is 0. The third kappa shape index (κ3) is 2.93. The molecule has 2 bridgehead atoms. The van der Waals surface area contributed by atoms with Crippen LogP contribution in [0.25, 0.3) is 0 Å². The second kappa shape index (κ2) is 7.70. The summed E-state index contributed by atoms with van der Waals surface area (Å²) in [5.74, 6) is -0.138. The highest BCUT2D eigenvalue weighted by atomic mass is 16.5. The van der Waals surface area contributed by atoms with Crippen molar-refractivity contribution in [2.24, 2.45) is 13.0 Å². The lowest BCUT2D eigenvalue weighted by Crippen LogP contribution is -2.60. The Morgan fingerprint density at radius 2 is 1.81 bits per heavy atom. The monoisotopic (exact) mass is 442 g/mol. The summed E-state index contributed by atoms with van der Waals surface area (Å²) in [5, 5.41) is 1.77. The molecule has 1 aromatic carbocycles. The largest absolute Gasteiger partial charge is 0.495 e. The fraction of sp³-hybridized carbons (Fsp3) is 0.500. The molecule has 3 aliphatic rings. The summed E-state index contributed by atoms with van der Waals surface area (Å²) in [4.78, 5) is 41.0. The van der Waals surface area contributed by atoms with Gasteiger partial charge in [-0.15, -0.1) is 0 Å². The SMILES string of the molecule is COC(=O)[C@H]1C[C@@H]2O[C@H]1c1c2n(C)c(=O)n(N2CCN(c3ccccc3OC)CC2)c1=O. The number of para-hydroxylation sites is 2. The summed E-state index contributed by atoms with van der Waals surface area (Å²) in [5.41, 5.74) is 1.15. The molecule has 10 heteroatoms. The minimum Gasteiger partial charge on any atom is -0.495 e. The fourth-order valence-corrected chi connectivity index (χ4v) is 5.17. The predicted octanol–water partition coefficient (Wildman–Crippen LogP) is 0.319. The number of ether oxygens (including phenoxy) is 3. The Kier molecular flexibility index (Phi) is 4.96. The number of hydrogen-bond acceptors (Lipinski definition) is 8. The van der Waals surface area contributed by atoms with Gasteiger partial charge in [0.25, 0.3) is 5.56 Å². The highest BCUT2D eigenvalue weighted by Gasteiger charge is 2.52. The first-order valence-corrected chi connectivity index (χ1v) is 10.7. The summed E-state index contributed by atoms with van der Waals surface area (Å²) < 4.78 is 19.0. The first-order chi connectivity index (χ1) is 15.5. The molecule has 2 aromatic rings. The van der Waals surface area contributed by atoms with Gasteiger partial charge in [0, 0.05) is 20.1 Å². The zero-order chi connectivity index (χ0) is 22.6. The summed E-state index contributed by atoms with van der Waals surface area (Å²) in [7, 11) is 4.62. The smallest absolute Gasteiger partial charge is 0.350 e. The van der Waals surface area contributed by atoms with E-state index in [-0.39, 0.29) is 0 Å². The van der Waals surface area contributed by atoms with Crippen molar-refractivity contribution in [3.8, 4) is 5.75 Å². The number of anilines is 1. The van der Waals surface area contributed by atoms with Gasteiger partial charge in [-0.3, -0.25) is 14.2 Å². The van der Waals surface area contributed by atoms with E-state index in [1.165, 1.54) is 16.4 Å². The highest BCUT2D eigenvalue weighted by molar-refractivity contribution is 5.74. The van der Waals surface area contributed by atoms with E-state index in [0.717, 1.165) is 11.4 Å². The molecular weight excluding hydrogens is 416 g/mol. The van der Waals surface area contributed by atoms with Crippen molar-refractivity contribution in [1.82, 2.24) is 9.24 Å². The van der Waals surface area contributed by atoms with Gasteiger partial charge in [-0.2, -0.15) is 4.68 Å². The van der Waals surface area contributed by atoms with Gasteiger partial charge in [0.2, 0.25) is 0 Å². The Hall–Kier alpha value is -3.27. The van der Waals surface area contributed by atoms with E-state index in [4.69, 9.17) is 14.2 Å². The molecule has 0 N–H and O–H groups in total. The lowest BCUT2D eigenvalue weighted by atomic mass is 9.87. The quantitative estimate of drug-likeness (QED) is 0.625. The van der Waals surface area contributed by atoms with Gasteiger partial charge < -0.3 is 24.1 Å². The molecule has 0 spiro atoms. The number of methoxy groups -OCH3 is 2. The average molecular weight is 442 g/mol. The Morgan fingerprint density at radius 3 is 2.50 bits per heavy atom. The minimum atomic E-state index is -0.678. The van der Waals surface area contributed by atoms with Gasteiger partial charge in [-0.1, -0.05) is 12.1 Å². The molecule has 170 valence electrons. The third-order valence-electron chi connectivity index (χ3n) is 6.73. The molecule has 0 aliphatic carbocycles. The molecule has 3 atom stereocenters. The zero-order valence-electron chi connectivity index (χ0n) is 18.3. The molecule has 4 heterocycles. The fourth-order valence-electron chi connectivity index (χ4n) is 5.17. The van der Waals surface area contributed by atoms with Gasteiger partial charge in [0.1, 0.15) is 11.9 Å². The van der Waals surface area contributed by atoms with Crippen molar-refractivity contribution in [3.63, 3.8) is 0 Å². The Morgan fingerprint density at radius 1 is 1.09 bits per heavy atom. The van der Waals surface area contributed by atoms with Crippen molar-refractivity contribution in [2.75, 3.05) is 50.3 Å². The van der Waals surface area contributed by atoms with E-state index in [0.29, 0.717) is 43.9 Å². The molecule has 0 radical (unpaired) electrons. The normalized spacial score (nSPS) is 23.9. The first-order valence-electron chi connectivity index (χ1n) is 10.7. The summed E-state index contributed by atoms with van der Waals surface area (Å²) in [6.07, 6.45) is -0.706. The van der Waals surface area contributed by atoms with Crippen LogP contribution in [0.2, 0.25) is 0 Å². The van der Waals surface area contributed by atoms with E-state index in [1.54, 1.807) is 19.2 Å². The van der Waals surface area contributed by atoms with E-state index in [2.05, 4.69) is 4.90 Å². The van der Waals surface area contributed by atoms with Gasteiger partial charge in [0.15, 0.2) is 0 Å². The van der Waals surface area contributed by atoms with Crippen LogP contribution in [0.3, 0.4) is 0 Å². The van der Waals surface area contributed by atoms with E-state index in [1.807, 2.05) is 24.3 Å². The van der Waals surface area contributed by atoms with Gasteiger partial charge in [-0.05, 0) is 18.6 Å². The Labute approximate surface area is 184 Å². The summed E-state index contributed by atoms with van der Waals surface area (Å²) in [6, 6.07) is 7.78. The molecular formula is C22H26N4O6. The second-order valence-electron chi connectivity index (χ2n) is 8.28. The highest BCUT2D eigenvalue weighted by Crippen LogP contribution is 2.52. The van der Waals surface area contributed by atoms with Gasteiger partial charge in [-0.25, -0.2) is 4.79 Å². The van der Waals surface area contributed by atoms with E-state index >= 15 is 0 Å². The molecule has 32 heavy (non-hydrogen) atoms. The topological polar surface area (TPSA) is 95.2 Å². The second-order valence-corrected chi connectivity index (χ2v) is 8.28. The lowest BCUT2D eigenvalue weighted by molar-refractivity contribution is -0.147. The van der Waals surface area contributed by atoms with Crippen LogP contribution in [-0.4, -0.2) is 55.6 Å². The molecule has 0 saturated carbocycles. The van der Waals surface area contributed by atoms with Crippen LogP contribution in [0.5, 0.6) is 5.75 Å². The molecule has 0 unspecified atom stereocenters. The molecule has 2 fully saturated rings. The zero-order valence-corrected chi connectivity index (χ0v) is 18.3. The van der Waals surface area contributed by atoms with Crippen molar-refractivity contribution < 1.29 is 19.0 Å². The number of benzene rings is 1. The maximum atomic E-state index is 13.5. The van der Waals surface area contributed by atoms with Crippen LogP contribution < -0.4 is 25.9 Å². The van der Waals surface area contributed by atoms with Crippen LogP contribution >= 0.6 is 0 Å². The van der Waals surface area contributed by atoms with Crippen molar-refractivity contribution in [2.45, 2.75) is 18.6 Å². The van der Waals surface area contributed by atoms with Crippen molar-refractivity contribution in [3.05, 3.63) is 56.4 Å². The number of aromatic nitrogens is 2. The van der Waals surface area contributed by atoms with E-state index < -0.39 is 35.3 Å².